The first-order chi connectivity index (χ1) is 8.06. The van der Waals surface area contributed by atoms with Crippen LogP contribution in [0.1, 0.15) is 59.3 Å². The Morgan fingerprint density at radius 1 is 1.35 bits per heavy atom. The molecule has 17 heavy (non-hydrogen) atoms. The summed E-state index contributed by atoms with van der Waals surface area (Å²) in [6.07, 6.45) is 8.01. The number of likely N-dealkylation sites (N-methyl/N-ethyl adjacent to an activating group) is 1. The summed E-state index contributed by atoms with van der Waals surface area (Å²) in [6, 6.07) is 0. The number of rotatable bonds is 6. The van der Waals surface area contributed by atoms with Crippen molar-refractivity contribution in [1.82, 2.24) is 4.90 Å². The minimum absolute atomic E-state index is 0.294. The van der Waals surface area contributed by atoms with E-state index in [1.165, 1.54) is 45.1 Å². The van der Waals surface area contributed by atoms with Gasteiger partial charge in [-0.1, -0.05) is 40.0 Å². The van der Waals surface area contributed by atoms with Crippen molar-refractivity contribution in [2.45, 2.75) is 64.8 Å². The topological polar surface area (TPSA) is 29.3 Å². The molecular formula is C15H32N2. The average molecular weight is 240 g/mol. The fourth-order valence-electron chi connectivity index (χ4n) is 3.48. The zero-order chi connectivity index (χ0) is 12.9. The third-order valence-electron chi connectivity index (χ3n) is 4.82. The average Bonchev–Trinajstić information content (AvgIpc) is 2.35. The molecule has 1 aliphatic rings. The zero-order valence-corrected chi connectivity index (χ0v) is 12.3. The quantitative estimate of drug-likeness (QED) is 0.772. The van der Waals surface area contributed by atoms with Crippen molar-refractivity contribution < 1.29 is 0 Å². The lowest BCUT2D eigenvalue weighted by Gasteiger charge is -2.50. The molecule has 0 aromatic carbocycles. The Bertz CT molecular complexity index is 215. The maximum Gasteiger partial charge on any atom is 0.0356 e. The molecule has 1 rings (SSSR count). The molecule has 0 radical (unpaired) electrons. The minimum atomic E-state index is 0.294. The van der Waals surface area contributed by atoms with Crippen LogP contribution in [0.25, 0.3) is 0 Å². The molecule has 0 spiro atoms. The van der Waals surface area contributed by atoms with Crippen LogP contribution in [-0.2, 0) is 0 Å². The van der Waals surface area contributed by atoms with Gasteiger partial charge in [0.2, 0.25) is 0 Å². The molecule has 0 saturated heterocycles. The zero-order valence-electron chi connectivity index (χ0n) is 12.3. The molecule has 0 aromatic rings. The molecular weight excluding hydrogens is 208 g/mol. The van der Waals surface area contributed by atoms with Crippen molar-refractivity contribution in [3.63, 3.8) is 0 Å². The van der Waals surface area contributed by atoms with Gasteiger partial charge in [0.15, 0.2) is 0 Å². The highest BCUT2D eigenvalue weighted by atomic mass is 15.2. The number of hydrogen-bond donors (Lipinski definition) is 1. The van der Waals surface area contributed by atoms with Gasteiger partial charge in [-0.25, -0.2) is 0 Å². The molecule has 0 aliphatic heterocycles. The normalized spacial score (nSPS) is 30.2. The lowest BCUT2D eigenvalue weighted by Crippen LogP contribution is -2.58. The fourth-order valence-corrected chi connectivity index (χ4v) is 3.48. The molecule has 2 atom stereocenters. The van der Waals surface area contributed by atoms with E-state index in [4.69, 9.17) is 5.73 Å². The van der Waals surface area contributed by atoms with Gasteiger partial charge in [-0.2, -0.15) is 0 Å². The largest absolute Gasteiger partial charge is 0.329 e. The van der Waals surface area contributed by atoms with E-state index >= 15 is 0 Å². The fraction of sp³-hybridized carbons (Fsp3) is 1.00. The summed E-state index contributed by atoms with van der Waals surface area (Å²) in [4.78, 5) is 2.58. The molecule has 0 heterocycles. The summed E-state index contributed by atoms with van der Waals surface area (Å²) in [6.45, 7) is 8.98. The Hall–Kier alpha value is -0.0800. The first-order valence-electron chi connectivity index (χ1n) is 7.48. The van der Waals surface area contributed by atoms with Gasteiger partial charge in [0.1, 0.15) is 0 Å². The first kappa shape index (κ1) is 15.0. The Kier molecular flexibility index (Phi) is 5.94. The van der Waals surface area contributed by atoms with Gasteiger partial charge >= 0.3 is 0 Å². The standard InChI is InChI=1S/C15H32N2/c1-5-14-8-6-7-10-15(14,12-16)17(4)11-9-13(2)3/h13-14H,5-12,16H2,1-4H3. The van der Waals surface area contributed by atoms with Crippen molar-refractivity contribution in [3.8, 4) is 0 Å². The van der Waals surface area contributed by atoms with Gasteiger partial charge in [-0.05, 0) is 44.7 Å². The molecule has 2 heteroatoms. The lowest BCUT2D eigenvalue weighted by molar-refractivity contribution is 0.0207. The first-order valence-corrected chi connectivity index (χ1v) is 7.48. The summed E-state index contributed by atoms with van der Waals surface area (Å²) in [5.41, 5.74) is 6.46. The number of nitrogens with zero attached hydrogens (tertiary/aromatic N) is 1. The smallest absolute Gasteiger partial charge is 0.0356 e. The van der Waals surface area contributed by atoms with Crippen LogP contribution in [-0.4, -0.2) is 30.6 Å². The van der Waals surface area contributed by atoms with E-state index in [0.717, 1.165) is 18.4 Å². The maximum absolute atomic E-state index is 6.17. The predicted molar refractivity (Wildman–Crippen MR) is 76.1 cm³/mol. The predicted octanol–water partition coefficient (Wildman–Crippen LogP) is 3.26. The molecule has 0 amide bonds. The molecule has 2 unspecified atom stereocenters. The van der Waals surface area contributed by atoms with E-state index in [0.29, 0.717) is 5.54 Å². The van der Waals surface area contributed by atoms with Crippen molar-refractivity contribution in [1.29, 1.82) is 0 Å². The Balaban J connectivity index is 2.69. The van der Waals surface area contributed by atoms with Gasteiger partial charge < -0.3 is 5.73 Å². The van der Waals surface area contributed by atoms with Crippen LogP contribution in [0.3, 0.4) is 0 Å². The molecule has 1 fully saturated rings. The highest BCUT2D eigenvalue weighted by Gasteiger charge is 2.41. The van der Waals surface area contributed by atoms with E-state index in [2.05, 4.69) is 32.7 Å². The Morgan fingerprint density at radius 2 is 2.06 bits per heavy atom. The molecule has 0 aromatic heterocycles. The monoisotopic (exact) mass is 240 g/mol. The molecule has 102 valence electrons. The lowest BCUT2D eigenvalue weighted by atomic mass is 9.70. The van der Waals surface area contributed by atoms with E-state index in [1.54, 1.807) is 0 Å². The Morgan fingerprint density at radius 3 is 2.59 bits per heavy atom. The van der Waals surface area contributed by atoms with Gasteiger partial charge in [0, 0.05) is 12.1 Å². The summed E-state index contributed by atoms with van der Waals surface area (Å²) in [7, 11) is 2.29. The maximum atomic E-state index is 6.17. The molecule has 0 bridgehead atoms. The molecule has 1 saturated carbocycles. The highest BCUT2D eigenvalue weighted by Crippen LogP contribution is 2.39. The minimum Gasteiger partial charge on any atom is -0.329 e. The van der Waals surface area contributed by atoms with Crippen LogP contribution in [0, 0.1) is 11.8 Å². The van der Waals surface area contributed by atoms with Crippen molar-refractivity contribution in [2.75, 3.05) is 20.1 Å². The van der Waals surface area contributed by atoms with Crippen molar-refractivity contribution in [3.05, 3.63) is 0 Å². The second-order valence-corrected chi connectivity index (χ2v) is 6.26. The van der Waals surface area contributed by atoms with Crippen LogP contribution in [0.4, 0.5) is 0 Å². The van der Waals surface area contributed by atoms with Crippen molar-refractivity contribution >= 4 is 0 Å². The van der Waals surface area contributed by atoms with Crippen LogP contribution in [0.15, 0.2) is 0 Å². The highest BCUT2D eigenvalue weighted by molar-refractivity contribution is 4.98. The van der Waals surface area contributed by atoms with Crippen LogP contribution < -0.4 is 5.73 Å². The summed E-state index contributed by atoms with van der Waals surface area (Å²) < 4.78 is 0. The van der Waals surface area contributed by atoms with Crippen LogP contribution in [0.2, 0.25) is 0 Å². The SMILES string of the molecule is CCC1CCCCC1(CN)N(C)CCC(C)C. The Labute approximate surface area is 108 Å². The third kappa shape index (κ3) is 3.45. The molecule has 2 N–H and O–H groups in total. The molecule has 2 nitrogen and oxygen atoms in total. The van der Waals surface area contributed by atoms with E-state index in [-0.39, 0.29) is 0 Å². The van der Waals surface area contributed by atoms with Gasteiger partial charge in [0.05, 0.1) is 0 Å². The second kappa shape index (κ2) is 6.75. The second-order valence-electron chi connectivity index (χ2n) is 6.26. The number of hydrogen-bond acceptors (Lipinski definition) is 2. The van der Waals surface area contributed by atoms with Crippen LogP contribution in [0.5, 0.6) is 0 Å². The van der Waals surface area contributed by atoms with Crippen LogP contribution >= 0.6 is 0 Å². The summed E-state index contributed by atoms with van der Waals surface area (Å²) >= 11 is 0. The van der Waals surface area contributed by atoms with E-state index in [1.807, 2.05) is 0 Å². The summed E-state index contributed by atoms with van der Waals surface area (Å²) in [5, 5.41) is 0. The van der Waals surface area contributed by atoms with Gasteiger partial charge in [-0.3, -0.25) is 4.90 Å². The number of nitrogens with two attached hydrogens (primary N) is 1. The summed E-state index contributed by atoms with van der Waals surface area (Å²) in [5.74, 6) is 1.59. The van der Waals surface area contributed by atoms with E-state index in [9.17, 15) is 0 Å². The van der Waals surface area contributed by atoms with Gasteiger partial charge in [0.25, 0.3) is 0 Å². The van der Waals surface area contributed by atoms with Crippen molar-refractivity contribution in [2.24, 2.45) is 17.6 Å². The van der Waals surface area contributed by atoms with E-state index < -0.39 is 0 Å². The molecule has 1 aliphatic carbocycles. The van der Waals surface area contributed by atoms with Gasteiger partial charge in [-0.15, -0.1) is 0 Å². The third-order valence-corrected chi connectivity index (χ3v) is 4.82.